The van der Waals surface area contributed by atoms with E-state index in [2.05, 4.69) is 9.72 Å². The molecular weight excluding hydrogens is 333 g/mol. The first-order chi connectivity index (χ1) is 12.7. The Bertz CT molecular complexity index is 730. The number of para-hydroxylation sites is 1. The van der Waals surface area contributed by atoms with E-state index < -0.39 is 11.8 Å². The van der Waals surface area contributed by atoms with Crippen LogP contribution in [-0.2, 0) is 9.53 Å². The van der Waals surface area contributed by atoms with Crippen LogP contribution < -0.4 is 4.74 Å². The van der Waals surface area contributed by atoms with Crippen LogP contribution in [0.25, 0.3) is 10.9 Å². The maximum absolute atomic E-state index is 13.3. The van der Waals surface area contributed by atoms with Gasteiger partial charge in [-0.05, 0) is 44.4 Å². The number of benzene rings is 1. The molecule has 0 fully saturated rings. The number of esters is 1. The van der Waals surface area contributed by atoms with E-state index in [4.69, 9.17) is 4.74 Å². The second kappa shape index (κ2) is 11.2. The third-order valence-electron chi connectivity index (χ3n) is 3.97. The molecule has 5 heteroatoms. The molecule has 2 aromatic rings. The molecule has 0 aliphatic heterocycles. The van der Waals surface area contributed by atoms with Gasteiger partial charge in [-0.15, -0.1) is 0 Å². The number of ether oxygens (including phenoxy) is 2. The van der Waals surface area contributed by atoms with Crippen LogP contribution in [0.5, 0.6) is 5.88 Å². The van der Waals surface area contributed by atoms with E-state index in [1.807, 2.05) is 36.4 Å². The lowest BCUT2D eigenvalue weighted by Crippen LogP contribution is -2.04. The van der Waals surface area contributed by atoms with E-state index in [-0.39, 0.29) is 6.61 Å². The number of halogens is 1. The zero-order chi connectivity index (χ0) is 18.6. The van der Waals surface area contributed by atoms with Gasteiger partial charge in [-0.2, -0.15) is 4.39 Å². The van der Waals surface area contributed by atoms with E-state index in [9.17, 15) is 9.18 Å². The number of pyridine rings is 1. The standard InChI is InChI=1S/C21H26FNO3/c1-2-25-21(24)18(22)12-7-5-3-4-6-10-16-26-20-15-14-17-11-8-9-13-19(17)23-20/h8-9,11-15H,2-7,10,16H2,1H3/b18-12-. The summed E-state index contributed by atoms with van der Waals surface area (Å²) in [5.41, 5.74) is 0.938. The van der Waals surface area contributed by atoms with Crippen molar-refractivity contribution in [3.63, 3.8) is 0 Å². The fraction of sp³-hybridized carbons (Fsp3) is 0.429. The first-order valence-corrected chi connectivity index (χ1v) is 9.22. The van der Waals surface area contributed by atoms with Crippen LogP contribution >= 0.6 is 0 Å². The van der Waals surface area contributed by atoms with Gasteiger partial charge in [-0.3, -0.25) is 0 Å². The fourth-order valence-corrected chi connectivity index (χ4v) is 2.59. The Kier molecular flexibility index (Phi) is 8.60. The molecule has 0 spiro atoms. The van der Waals surface area contributed by atoms with E-state index in [0.717, 1.165) is 43.0 Å². The zero-order valence-corrected chi connectivity index (χ0v) is 15.2. The fourth-order valence-electron chi connectivity index (χ4n) is 2.59. The minimum absolute atomic E-state index is 0.191. The van der Waals surface area contributed by atoms with Gasteiger partial charge in [0, 0.05) is 11.5 Å². The summed E-state index contributed by atoms with van der Waals surface area (Å²) in [6.07, 6.45) is 6.80. The third-order valence-corrected chi connectivity index (χ3v) is 3.97. The Labute approximate surface area is 154 Å². The summed E-state index contributed by atoms with van der Waals surface area (Å²) < 4.78 is 23.6. The van der Waals surface area contributed by atoms with Gasteiger partial charge in [0.15, 0.2) is 0 Å². The number of allylic oxidation sites excluding steroid dienone is 1. The Hall–Kier alpha value is -2.43. The van der Waals surface area contributed by atoms with Crippen LogP contribution in [0.3, 0.4) is 0 Å². The second-order valence-electron chi connectivity index (χ2n) is 6.02. The van der Waals surface area contributed by atoms with Gasteiger partial charge in [0.1, 0.15) is 0 Å². The molecule has 1 aromatic carbocycles. The summed E-state index contributed by atoms with van der Waals surface area (Å²) in [6, 6.07) is 11.9. The number of fused-ring (bicyclic) bond motifs is 1. The molecule has 0 amide bonds. The maximum atomic E-state index is 13.3. The Morgan fingerprint density at radius 2 is 1.85 bits per heavy atom. The number of carbonyl (C=O) groups is 1. The predicted octanol–water partition coefficient (Wildman–Crippen LogP) is 5.37. The first kappa shape index (κ1) is 19.9. The lowest BCUT2D eigenvalue weighted by atomic mass is 10.1. The summed E-state index contributed by atoms with van der Waals surface area (Å²) >= 11 is 0. The number of hydrogen-bond donors (Lipinski definition) is 0. The molecule has 0 unspecified atom stereocenters. The van der Waals surface area contributed by atoms with Crippen LogP contribution in [-0.4, -0.2) is 24.2 Å². The number of rotatable bonds is 11. The van der Waals surface area contributed by atoms with Gasteiger partial charge >= 0.3 is 5.97 Å². The molecule has 0 saturated heterocycles. The normalized spacial score (nSPS) is 11.5. The maximum Gasteiger partial charge on any atom is 0.366 e. The zero-order valence-electron chi connectivity index (χ0n) is 15.2. The highest BCUT2D eigenvalue weighted by molar-refractivity contribution is 5.85. The van der Waals surface area contributed by atoms with Crippen molar-refractivity contribution in [1.82, 2.24) is 4.98 Å². The molecule has 0 atom stereocenters. The third kappa shape index (κ3) is 6.82. The summed E-state index contributed by atoms with van der Waals surface area (Å²) in [5.74, 6) is -1.00. The molecule has 0 N–H and O–H groups in total. The number of unbranched alkanes of at least 4 members (excludes halogenated alkanes) is 5. The SMILES string of the molecule is CCOC(=O)/C(F)=C/CCCCCCCOc1ccc2ccccc2n1. The Morgan fingerprint density at radius 3 is 2.69 bits per heavy atom. The Balaban J connectivity index is 1.54. The summed E-state index contributed by atoms with van der Waals surface area (Å²) in [5, 5.41) is 1.10. The lowest BCUT2D eigenvalue weighted by Gasteiger charge is -2.06. The van der Waals surface area contributed by atoms with Crippen molar-refractivity contribution < 1.29 is 18.7 Å². The van der Waals surface area contributed by atoms with Crippen molar-refractivity contribution in [3.05, 3.63) is 48.3 Å². The predicted molar refractivity (Wildman–Crippen MR) is 101 cm³/mol. The molecular formula is C21H26FNO3. The molecule has 0 saturated carbocycles. The highest BCUT2D eigenvalue weighted by atomic mass is 19.1. The van der Waals surface area contributed by atoms with E-state index >= 15 is 0 Å². The summed E-state index contributed by atoms with van der Waals surface area (Å²) in [6.45, 7) is 2.49. The smallest absolute Gasteiger partial charge is 0.366 e. The lowest BCUT2D eigenvalue weighted by molar-refractivity contribution is -0.140. The molecule has 0 aliphatic carbocycles. The van der Waals surface area contributed by atoms with Crippen molar-refractivity contribution in [1.29, 1.82) is 0 Å². The van der Waals surface area contributed by atoms with Crippen molar-refractivity contribution in [2.45, 2.75) is 45.4 Å². The van der Waals surface area contributed by atoms with E-state index in [0.29, 0.717) is 18.9 Å². The summed E-state index contributed by atoms with van der Waals surface area (Å²) in [4.78, 5) is 15.6. The first-order valence-electron chi connectivity index (χ1n) is 9.22. The second-order valence-corrected chi connectivity index (χ2v) is 6.02. The van der Waals surface area contributed by atoms with Crippen molar-refractivity contribution in [3.8, 4) is 5.88 Å². The molecule has 4 nitrogen and oxygen atoms in total. The van der Waals surface area contributed by atoms with Gasteiger partial charge in [0.25, 0.3) is 0 Å². The minimum atomic E-state index is -0.869. The van der Waals surface area contributed by atoms with Crippen LogP contribution in [0, 0.1) is 0 Å². The van der Waals surface area contributed by atoms with Gasteiger partial charge in [-0.1, -0.05) is 37.5 Å². The number of aromatic nitrogens is 1. The van der Waals surface area contributed by atoms with Gasteiger partial charge in [-0.25, -0.2) is 9.78 Å². The molecule has 0 radical (unpaired) electrons. The quantitative estimate of drug-likeness (QED) is 0.307. The highest BCUT2D eigenvalue weighted by Gasteiger charge is 2.07. The summed E-state index contributed by atoms with van der Waals surface area (Å²) in [7, 11) is 0. The number of hydrogen-bond acceptors (Lipinski definition) is 4. The average molecular weight is 359 g/mol. The molecule has 0 bridgehead atoms. The topological polar surface area (TPSA) is 48.4 Å². The van der Waals surface area contributed by atoms with Crippen LogP contribution in [0.2, 0.25) is 0 Å². The van der Waals surface area contributed by atoms with Crippen molar-refractivity contribution in [2.75, 3.05) is 13.2 Å². The largest absolute Gasteiger partial charge is 0.478 e. The van der Waals surface area contributed by atoms with Gasteiger partial charge < -0.3 is 9.47 Å². The molecule has 140 valence electrons. The molecule has 2 rings (SSSR count). The minimum Gasteiger partial charge on any atom is -0.478 e. The molecule has 1 aromatic heterocycles. The van der Waals surface area contributed by atoms with Crippen LogP contribution in [0.15, 0.2) is 48.3 Å². The monoisotopic (exact) mass is 359 g/mol. The molecule has 1 heterocycles. The number of carbonyl (C=O) groups excluding carboxylic acids is 1. The van der Waals surface area contributed by atoms with E-state index in [1.165, 1.54) is 6.08 Å². The molecule has 0 aliphatic rings. The highest BCUT2D eigenvalue weighted by Crippen LogP contribution is 2.16. The van der Waals surface area contributed by atoms with Crippen LogP contribution in [0.1, 0.15) is 45.4 Å². The Morgan fingerprint density at radius 1 is 1.08 bits per heavy atom. The van der Waals surface area contributed by atoms with Gasteiger partial charge in [0.05, 0.1) is 18.7 Å². The van der Waals surface area contributed by atoms with Crippen molar-refractivity contribution >= 4 is 16.9 Å². The van der Waals surface area contributed by atoms with Crippen LogP contribution in [0.4, 0.5) is 4.39 Å². The van der Waals surface area contributed by atoms with E-state index in [1.54, 1.807) is 6.92 Å². The van der Waals surface area contributed by atoms with Crippen molar-refractivity contribution in [2.24, 2.45) is 0 Å². The molecule has 26 heavy (non-hydrogen) atoms. The average Bonchev–Trinajstić information content (AvgIpc) is 2.66. The number of nitrogens with zero attached hydrogens (tertiary/aromatic N) is 1. The van der Waals surface area contributed by atoms with Gasteiger partial charge in [0.2, 0.25) is 11.7 Å².